The van der Waals surface area contributed by atoms with E-state index in [1.54, 1.807) is 12.5 Å². The zero-order valence-electron chi connectivity index (χ0n) is 9.99. The number of hydrogen-bond acceptors (Lipinski definition) is 3. The number of hydrogen-bond donors (Lipinski definition) is 1. The molecule has 1 unspecified atom stereocenters. The third kappa shape index (κ3) is 2.94. The summed E-state index contributed by atoms with van der Waals surface area (Å²) in [6.07, 6.45) is 4.41. The van der Waals surface area contributed by atoms with E-state index in [4.69, 9.17) is 16.0 Å². The summed E-state index contributed by atoms with van der Waals surface area (Å²) in [6, 6.07) is 5.39. The smallest absolute Gasteiger partial charge is 0.141 e. The van der Waals surface area contributed by atoms with Crippen molar-refractivity contribution in [3.8, 4) is 0 Å². The van der Waals surface area contributed by atoms with E-state index in [1.165, 1.54) is 0 Å². The summed E-state index contributed by atoms with van der Waals surface area (Å²) in [6.45, 7) is 2.98. The predicted molar refractivity (Wildman–Crippen MR) is 75.8 cm³/mol. The van der Waals surface area contributed by atoms with E-state index in [0.717, 1.165) is 28.9 Å². The third-order valence-corrected chi connectivity index (χ3v) is 3.54. The molecule has 0 saturated heterocycles. The van der Waals surface area contributed by atoms with Gasteiger partial charge in [0.1, 0.15) is 11.8 Å². The van der Waals surface area contributed by atoms with Crippen LogP contribution in [0.1, 0.15) is 30.8 Å². The van der Waals surface area contributed by atoms with Gasteiger partial charge in [-0.2, -0.15) is 0 Å². The van der Waals surface area contributed by atoms with E-state index in [9.17, 15) is 0 Å². The molecule has 2 rings (SSSR count). The Hall–Kier alpha value is -0.840. The minimum Gasteiger partial charge on any atom is -0.466 e. The molecule has 0 bridgehead atoms. The van der Waals surface area contributed by atoms with E-state index in [-0.39, 0.29) is 6.04 Å². The van der Waals surface area contributed by atoms with Crippen LogP contribution in [0.5, 0.6) is 0 Å². The maximum absolute atomic E-state index is 6.21. The summed E-state index contributed by atoms with van der Waals surface area (Å²) in [7, 11) is 0. The molecule has 96 valence electrons. The molecule has 1 N–H and O–H groups in total. The van der Waals surface area contributed by atoms with Gasteiger partial charge in [0.05, 0.1) is 21.5 Å². The highest BCUT2D eigenvalue weighted by molar-refractivity contribution is 9.10. The van der Waals surface area contributed by atoms with Crippen LogP contribution in [0.25, 0.3) is 0 Å². The number of furan rings is 1. The van der Waals surface area contributed by atoms with Crippen LogP contribution in [0, 0.1) is 0 Å². The standard InChI is InChI=1S/C13H14BrClN2O/c1-2-6-16-12(13-9(14)5-8-18-13)11-10(15)4-3-7-17-11/h3-5,7-8,12,16H,2,6H2,1H3. The zero-order valence-corrected chi connectivity index (χ0v) is 12.3. The predicted octanol–water partition coefficient (Wildman–Crippen LogP) is 4.18. The van der Waals surface area contributed by atoms with Crippen LogP contribution in [0.15, 0.2) is 39.5 Å². The molecule has 0 aliphatic heterocycles. The van der Waals surface area contributed by atoms with Gasteiger partial charge in [-0.25, -0.2) is 0 Å². The van der Waals surface area contributed by atoms with Crippen molar-refractivity contribution >= 4 is 27.5 Å². The lowest BCUT2D eigenvalue weighted by Crippen LogP contribution is -2.24. The lowest BCUT2D eigenvalue weighted by molar-refractivity contribution is 0.439. The largest absolute Gasteiger partial charge is 0.466 e. The number of halogens is 2. The van der Waals surface area contributed by atoms with Gasteiger partial charge < -0.3 is 9.73 Å². The van der Waals surface area contributed by atoms with Crippen molar-refractivity contribution in [1.29, 1.82) is 0 Å². The Morgan fingerprint density at radius 3 is 2.94 bits per heavy atom. The molecule has 0 saturated carbocycles. The molecule has 2 aromatic heterocycles. The number of nitrogens with one attached hydrogen (secondary N) is 1. The average Bonchev–Trinajstić information content (AvgIpc) is 2.78. The molecule has 2 aromatic rings. The normalized spacial score (nSPS) is 12.6. The van der Waals surface area contributed by atoms with Crippen molar-refractivity contribution in [2.24, 2.45) is 0 Å². The van der Waals surface area contributed by atoms with Crippen LogP contribution in [-0.4, -0.2) is 11.5 Å². The topological polar surface area (TPSA) is 38.1 Å². The molecule has 0 fully saturated rings. The van der Waals surface area contributed by atoms with Crippen molar-refractivity contribution in [3.63, 3.8) is 0 Å². The highest BCUT2D eigenvalue weighted by Gasteiger charge is 2.22. The van der Waals surface area contributed by atoms with Crippen molar-refractivity contribution < 1.29 is 4.42 Å². The van der Waals surface area contributed by atoms with Gasteiger partial charge in [-0.05, 0) is 47.1 Å². The average molecular weight is 330 g/mol. The van der Waals surface area contributed by atoms with Gasteiger partial charge >= 0.3 is 0 Å². The Bertz CT molecular complexity index is 515. The highest BCUT2D eigenvalue weighted by atomic mass is 79.9. The van der Waals surface area contributed by atoms with Crippen molar-refractivity contribution in [1.82, 2.24) is 10.3 Å². The summed E-state index contributed by atoms with van der Waals surface area (Å²) in [5.74, 6) is 0.795. The Balaban J connectivity index is 2.37. The highest BCUT2D eigenvalue weighted by Crippen LogP contribution is 2.31. The lowest BCUT2D eigenvalue weighted by Gasteiger charge is -2.17. The lowest BCUT2D eigenvalue weighted by atomic mass is 10.1. The second-order valence-electron chi connectivity index (χ2n) is 3.89. The minimum atomic E-state index is -0.136. The second kappa shape index (κ2) is 6.36. The van der Waals surface area contributed by atoms with Gasteiger partial charge in [0.25, 0.3) is 0 Å². The molecule has 3 nitrogen and oxygen atoms in total. The van der Waals surface area contributed by atoms with Crippen LogP contribution < -0.4 is 5.32 Å². The van der Waals surface area contributed by atoms with Crippen LogP contribution >= 0.6 is 27.5 Å². The third-order valence-electron chi connectivity index (χ3n) is 2.57. The molecule has 1 atom stereocenters. The van der Waals surface area contributed by atoms with E-state index < -0.39 is 0 Å². The minimum absolute atomic E-state index is 0.136. The fourth-order valence-corrected chi connectivity index (χ4v) is 2.38. The first-order chi connectivity index (χ1) is 8.74. The van der Waals surface area contributed by atoms with E-state index in [0.29, 0.717) is 5.02 Å². The summed E-state index contributed by atoms with van der Waals surface area (Å²) in [4.78, 5) is 4.35. The van der Waals surface area contributed by atoms with Crippen molar-refractivity contribution in [2.75, 3.05) is 6.54 Å². The zero-order chi connectivity index (χ0) is 13.0. The number of pyridine rings is 1. The van der Waals surface area contributed by atoms with Gasteiger partial charge in [-0.3, -0.25) is 4.98 Å². The Morgan fingerprint density at radius 2 is 2.33 bits per heavy atom. The fraction of sp³-hybridized carbons (Fsp3) is 0.308. The first-order valence-electron chi connectivity index (χ1n) is 5.80. The SMILES string of the molecule is CCCNC(c1ncccc1Cl)c1occc1Br. The summed E-state index contributed by atoms with van der Waals surface area (Å²) < 4.78 is 6.44. The molecule has 0 aliphatic carbocycles. The number of rotatable bonds is 5. The van der Waals surface area contributed by atoms with Gasteiger partial charge in [0.15, 0.2) is 0 Å². The molecular formula is C13H14BrClN2O. The van der Waals surface area contributed by atoms with E-state index >= 15 is 0 Å². The molecular weight excluding hydrogens is 316 g/mol. The molecule has 0 amide bonds. The Labute approximate surface area is 120 Å². The summed E-state index contributed by atoms with van der Waals surface area (Å²) >= 11 is 9.68. The molecule has 2 heterocycles. The molecule has 0 radical (unpaired) electrons. The molecule has 0 spiro atoms. The quantitative estimate of drug-likeness (QED) is 0.894. The molecule has 0 aliphatic rings. The molecule has 0 aromatic carbocycles. The first kappa shape index (κ1) is 13.6. The van der Waals surface area contributed by atoms with E-state index in [2.05, 4.69) is 33.2 Å². The Kier molecular flexibility index (Phi) is 4.80. The van der Waals surface area contributed by atoms with Crippen LogP contribution in [0.2, 0.25) is 5.02 Å². The molecule has 5 heteroatoms. The number of nitrogens with zero attached hydrogens (tertiary/aromatic N) is 1. The maximum atomic E-state index is 6.21. The second-order valence-corrected chi connectivity index (χ2v) is 5.15. The van der Waals surface area contributed by atoms with Crippen molar-refractivity contribution in [3.05, 3.63) is 51.6 Å². The van der Waals surface area contributed by atoms with Gasteiger partial charge in [-0.1, -0.05) is 18.5 Å². The number of aromatic nitrogens is 1. The van der Waals surface area contributed by atoms with Gasteiger partial charge in [-0.15, -0.1) is 0 Å². The first-order valence-corrected chi connectivity index (χ1v) is 6.97. The van der Waals surface area contributed by atoms with Gasteiger partial charge in [0, 0.05) is 6.20 Å². The Morgan fingerprint density at radius 1 is 1.50 bits per heavy atom. The van der Waals surface area contributed by atoms with Gasteiger partial charge in [0.2, 0.25) is 0 Å². The summed E-state index contributed by atoms with van der Waals surface area (Å²) in [5.41, 5.74) is 0.781. The fourth-order valence-electron chi connectivity index (χ4n) is 1.72. The van der Waals surface area contributed by atoms with Crippen LogP contribution in [0.3, 0.4) is 0 Å². The van der Waals surface area contributed by atoms with Crippen LogP contribution in [-0.2, 0) is 0 Å². The van der Waals surface area contributed by atoms with E-state index in [1.807, 2.05) is 18.2 Å². The maximum Gasteiger partial charge on any atom is 0.141 e. The van der Waals surface area contributed by atoms with Crippen molar-refractivity contribution in [2.45, 2.75) is 19.4 Å². The van der Waals surface area contributed by atoms with Crippen LogP contribution in [0.4, 0.5) is 0 Å². The summed E-state index contributed by atoms with van der Waals surface area (Å²) in [5, 5.41) is 4.03. The molecule has 18 heavy (non-hydrogen) atoms. The monoisotopic (exact) mass is 328 g/mol.